The zero-order valence-electron chi connectivity index (χ0n) is 15.2. The quantitative estimate of drug-likeness (QED) is 0.470. The molecule has 1 aromatic rings. The highest BCUT2D eigenvalue weighted by molar-refractivity contribution is 6.25. The Balaban J connectivity index is 1.53. The summed E-state index contributed by atoms with van der Waals surface area (Å²) < 4.78 is 54.5. The van der Waals surface area contributed by atoms with Crippen LogP contribution in [0.5, 0.6) is 5.75 Å². The van der Waals surface area contributed by atoms with E-state index in [2.05, 4.69) is 10.8 Å². The van der Waals surface area contributed by atoms with E-state index in [-0.39, 0.29) is 5.92 Å². The third-order valence-electron chi connectivity index (χ3n) is 6.25. The number of halogens is 5. The van der Waals surface area contributed by atoms with Crippen LogP contribution in [0.3, 0.4) is 0 Å². The van der Waals surface area contributed by atoms with Crippen molar-refractivity contribution in [3.63, 3.8) is 0 Å². The Morgan fingerprint density at radius 1 is 0.926 bits per heavy atom. The first-order valence-electron chi connectivity index (χ1n) is 9.68. The maximum absolute atomic E-state index is 14.0. The Morgan fingerprint density at radius 2 is 1.52 bits per heavy atom. The standard InChI is InChI=1S/C21H25ClF4O/c22-12-11-14-1-3-15(4-2-14)16-5-7-17(8-6-16)18-9-10-20(19(23)13-18)27-21(24,25)26/h9-17H,1-8H2/b12-11+/t14-,15-,16?,17?. The maximum atomic E-state index is 14.0. The number of hydrogen-bond acceptors (Lipinski definition) is 1. The van der Waals surface area contributed by atoms with Crippen LogP contribution in [0, 0.1) is 23.6 Å². The number of allylic oxidation sites excluding steroid dienone is 1. The summed E-state index contributed by atoms with van der Waals surface area (Å²) in [6.45, 7) is 0. The molecule has 2 saturated carbocycles. The van der Waals surface area contributed by atoms with E-state index >= 15 is 0 Å². The van der Waals surface area contributed by atoms with E-state index in [1.54, 1.807) is 11.6 Å². The molecular formula is C21H25ClF4O. The van der Waals surface area contributed by atoms with Crippen molar-refractivity contribution in [3.05, 3.63) is 41.2 Å². The molecule has 0 atom stereocenters. The van der Waals surface area contributed by atoms with E-state index in [1.165, 1.54) is 31.7 Å². The van der Waals surface area contributed by atoms with Crippen LogP contribution in [0.15, 0.2) is 29.8 Å². The Bertz CT molecular complexity index is 642. The number of ether oxygens (including phenoxy) is 1. The first-order chi connectivity index (χ1) is 12.9. The van der Waals surface area contributed by atoms with Gasteiger partial charge in [0.25, 0.3) is 0 Å². The zero-order valence-corrected chi connectivity index (χ0v) is 15.9. The summed E-state index contributed by atoms with van der Waals surface area (Å²) in [7, 11) is 0. The summed E-state index contributed by atoms with van der Waals surface area (Å²) in [6, 6.07) is 3.87. The van der Waals surface area contributed by atoms with Crippen LogP contribution in [-0.4, -0.2) is 6.36 Å². The second kappa shape index (κ2) is 8.85. The second-order valence-corrected chi connectivity index (χ2v) is 8.09. The molecule has 2 fully saturated rings. The molecule has 3 rings (SSSR count). The maximum Gasteiger partial charge on any atom is 0.573 e. The van der Waals surface area contributed by atoms with Gasteiger partial charge < -0.3 is 4.74 Å². The molecule has 0 bridgehead atoms. The topological polar surface area (TPSA) is 9.23 Å². The number of hydrogen-bond donors (Lipinski definition) is 0. The van der Waals surface area contributed by atoms with Crippen molar-refractivity contribution in [1.82, 2.24) is 0 Å². The number of benzene rings is 1. The summed E-state index contributed by atoms with van der Waals surface area (Å²) in [5, 5.41) is 0. The van der Waals surface area contributed by atoms with Crippen molar-refractivity contribution < 1.29 is 22.3 Å². The van der Waals surface area contributed by atoms with Crippen molar-refractivity contribution in [1.29, 1.82) is 0 Å². The Hall–Kier alpha value is -1.23. The van der Waals surface area contributed by atoms with E-state index in [1.807, 2.05) is 0 Å². The van der Waals surface area contributed by atoms with Crippen molar-refractivity contribution in [3.8, 4) is 5.75 Å². The third-order valence-corrected chi connectivity index (χ3v) is 6.40. The lowest BCUT2D eigenvalue weighted by molar-refractivity contribution is -0.275. The summed E-state index contributed by atoms with van der Waals surface area (Å²) in [5.41, 5.74) is 2.40. The van der Waals surface area contributed by atoms with Gasteiger partial charge in [0.15, 0.2) is 11.6 Å². The van der Waals surface area contributed by atoms with E-state index in [4.69, 9.17) is 11.6 Å². The largest absolute Gasteiger partial charge is 0.573 e. The van der Waals surface area contributed by atoms with Crippen LogP contribution in [0.1, 0.15) is 62.8 Å². The fourth-order valence-electron chi connectivity index (χ4n) is 4.81. The molecule has 0 radical (unpaired) electrons. The Kier molecular flexibility index (Phi) is 6.72. The van der Waals surface area contributed by atoms with Gasteiger partial charge in [-0.1, -0.05) is 23.7 Å². The van der Waals surface area contributed by atoms with Gasteiger partial charge >= 0.3 is 6.36 Å². The molecule has 0 amide bonds. The molecule has 6 heteroatoms. The predicted octanol–water partition coefficient (Wildman–Crippen LogP) is 7.56. The molecule has 0 heterocycles. The fraction of sp³-hybridized carbons (Fsp3) is 0.619. The first kappa shape index (κ1) is 20.5. The lowest BCUT2D eigenvalue weighted by atomic mass is 9.68. The van der Waals surface area contributed by atoms with Crippen LogP contribution in [-0.2, 0) is 0 Å². The lowest BCUT2D eigenvalue weighted by Gasteiger charge is -2.37. The summed E-state index contributed by atoms with van der Waals surface area (Å²) in [5.74, 6) is 0.576. The SMILES string of the molecule is Fc1cc(C2CCC([C@H]3CC[C@H](/C=C/Cl)CC3)CC2)ccc1OC(F)(F)F. The minimum Gasteiger partial charge on any atom is -0.403 e. The summed E-state index contributed by atoms with van der Waals surface area (Å²) in [6.07, 6.45) is 6.21. The molecule has 0 N–H and O–H groups in total. The fourth-order valence-corrected chi connectivity index (χ4v) is 5.02. The minimum atomic E-state index is -4.88. The van der Waals surface area contributed by atoms with E-state index in [0.717, 1.165) is 43.2 Å². The smallest absolute Gasteiger partial charge is 0.403 e. The molecule has 0 spiro atoms. The monoisotopic (exact) mass is 404 g/mol. The molecule has 2 aliphatic rings. The van der Waals surface area contributed by atoms with Gasteiger partial charge in [-0.3, -0.25) is 0 Å². The molecule has 1 aromatic carbocycles. The zero-order chi connectivity index (χ0) is 19.4. The van der Waals surface area contributed by atoms with Gasteiger partial charge in [0.1, 0.15) is 0 Å². The van der Waals surface area contributed by atoms with Crippen LogP contribution in [0.2, 0.25) is 0 Å². The van der Waals surface area contributed by atoms with Crippen LogP contribution in [0.4, 0.5) is 17.6 Å². The molecule has 0 aliphatic heterocycles. The van der Waals surface area contributed by atoms with Gasteiger partial charge in [-0.15, -0.1) is 13.2 Å². The highest BCUT2D eigenvalue weighted by Gasteiger charge is 2.33. The highest BCUT2D eigenvalue weighted by Crippen LogP contribution is 2.44. The number of alkyl halides is 3. The van der Waals surface area contributed by atoms with Crippen molar-refractivity contribution >= 4 is 11.6 Å². The molecule has 1 nitrogen and oxygen atoms in total. The summed E-state index contributed by atoms with van der Waals surface area (Å²) >= 11 is 5.68. The molecule has 150 valence electrons. The second-order valence-electron chi connectivity index (χ2n) is 7.84. The van der Waals surface area contributed by atoms with Crippen LogP contribution < -0.4 is 4.74 Å². The van der Waals surface area contributed by atoms with Gasteiger partial charge in [-0.05, 0) is 92.7 Å². The molecule has 0 saturated heterocycles. The lowest BCUT2D eigenvalue weighted by Crippen LogP contribution is -2.25. The molecular weight excluding hydrogens is 380 g/mol. The van der Waals surface area contributed by atoms with Gasteiger partial charge in [0.2, 0.25) is 0 Å². The minimum absolute atomic E-state index is 0.214. The van der Waals surface area contributed by atoms with Gasteiger partial charge in [0, 0.05) is 5.54 Å². The first-order valence-corrected chi connectivity index (χ1v) is 10.1. The van der Waals surface area contributed by atoms with E-state index in [0.29, 0.717) is 11.8 Å². The summed E-state index contributed by atoms with van der Waals surface area (Å²) in [4.78, 5) is 0. The molecule has 0 unspecified atom stereocenters. The van der Waals surface area contributed by atoms with E-state index < -0.39 is 17.9 Å². The third kappa shape index (κ3) is 5.63. The van der Waals surface area contributed by atoms with Crippen LogP contribution in [0.25, 0.3) is 0 Å². The average molecular weight is 405 g/mol. The van der Waals surface area contributed by atoms with Crippen molar-refractivity contribution in [2.24, 2.45) is 17.8 Å². The van der Waals surface area contributed by atoms with Crippen molar-refractivity contribution in [2.45, 2.75) is 63.6 Å². The molecule has 2 aliphatic carbocycles. The molecule has 27 heavy (non-hydrogen) atoms. The van der Waals surface area contributed by atoms with Crippen molar-refractivity contribution in [2.75, 3.05) is 0 Å². The van der Waals surface area contributed by atoms with Crippen LogP contribution >= 0.6 is 11.6 Å². The average Bonchev–Trinajstić information content (AvgIpc) is 2.63. The normalized spacial score (nSPS) is 29.8. The Labute approximate surface area is 162 Å². The van der Waals surface area contributed by atoms with Gasteiger partial charge in [0.05, 0.1) is 0 Å². The Morgan fingerprint density at radius 3 is 2.04 bits per heavy atom. The molecule has 0 aromatic heterocycles. The predicted molar refractivity (Wildman–Crippen MR) is 98.2 cm³/mol. The van der Waals surface area contributed by atoms with Gasteiger partial charge in [-0.25, -0.2) is 4.39 Å². The number of rotatable bonds is 4. The highest BCUT2D eigenvalue weighted by atomic mass is 35.5. The van der Waals surface area contributed by atoms with Gasteiger partial charge in [-0.2, -0.15) is 0 Å². The van der Waals surface area contributed by atoms with E-state index in [9.17, 15) is 17.6 Å².